The van der Waals surface area contributed by atoms with Crippen molar-refractivity contribution in [1.29, 1.82) is 5.26 Å². The van der Waals surface area contributed by atoms with Gasteiger partial charge in [0.2, 0.25) is 0 Å². The first-order chi connectivity index (χ1) is 9.99. The fourth-order valence-corrected chi connectivity index (χ4v) is 2.41. The largest absolute Gasteiger partial charge is 0.298 e. The normalized spacial score (nSPS) is 13.2. The second-order valence-electron chi connectivity index (χ2n) is 4.86. The number of ketones is 1. The van der Waals surface area contributed by atoms with Crippen LogP contribution in [0.4, 0.5) is 4.39 Å². The predicted molar refractivity (Wildman–Crippen MR) is 79.5 cm³/mol. The van der Waals surface area contributed by atoms with Gasteiger partial charge >= 0.3 is 0 Å². The summed E-state index contributed by atoms with van der Waals surface area (Å²) in [4.78, 5) is 12.1. The molecular formula is C17H13ClFNO. The average molecular weight is 302 g/mol. The maximum atomic E-state index is 13.6. The van der Waals surface area contributed by atoms with Gasteiger partial charge in [-0.2, -0.15) is 5.26 Å². The van der Waals surface area contributed by atoms with Crippen molar-refractivity contribution in [3.8, 4) is 6.07 Å². The minimum absolute atomic E-state index is 0.0174. The minimum Gasteiger partial charge on any atom is -0.298 e. The van der Waals surface area contributed by atoms with Gasteiger partial charge in [0.1, 0.15) is 11.2 Å². The van der Waals surface area contributed by atoms with Crippen molar-refractivity contribution in [2.24, 2.45) is 0 Å². The molecule has 4 heteroatoms. The van der Waals surface area contributed by atoms with Gasteiger partial charge in [0, 0.05) is 6.42 Å². The molecule has 2 nitrogen and oxygen atoms in total. The van der Waals surface area contributed by atoms with Crippen LogP contribution in [0.2, 0.25) is 5.02 Å². The van der Waals surface area contributed by atoms with E-state index in [1.54, 1.807) is 30.3 Å². The van der Waals surface area contributed by atoms with Crippen LogP contribution in [0.3, 0.4) is 0 Å². The molecule has 0 aliphatic heterocycles. The number of carbonyl (C=O) groups excluding carboxylic acids is 1. The van der Waals surface area contributed by atoms with E-state index in [9.17, 15) is 14.4 Å². The van der Waals surface area contributed by atoms with Crippen LogP contribution in [0.15, 0.2) is 48.5 Å². The van der Waals surface area contributed by atoms with Crippen LogP contribution < -0.4 is 0 Å². The number of rotatable bonds is 4. The van der Waals surface area contributed by atoms with Crippen molar-refractivity contribution in [3.05, 3.63) is 70.5 Å². The van der Waals surface area contributed by atoms with E-state index in [1.165, 1.54) is 19.1 Å². The minimum atomic E-state index is -1.32. The lowest BCUT2D eigenvalue weighted by Gasteiger charge is -2.24. The second-order valence-corrected chi connectivity index (χ2v) is 5.27. The molecule has 1 unspecified atom stereocenters. The van der Waals surface area contributed by atoms with Crippen molar-refractivity contribution in [1.82, 2.24) is 0 Å². The SMILES string of the molecule is CC(=O)C(C#N)(Cc1ccc(Cl)c(F)c1)c1ccccc1. The molecule has 0 fully saturated rings. The molecular weight excluding hydrogens is 289 g/mol. The van der Waals surface area contributed by atoms with Crippen LogP contribution in [0.1, 0.15) is 18.1 Å². The Labute approximate surface area is 127 Å². The topological polar surface area (TPSA) is 40.9 Å². The molecule has 2 aromatic rings. The van der Waals surface area contributed by atoms with Gasteiger partial charge < -0.3 is 0 Å². The Morgan fingerprint density at radius 2 is 1.95 bits per heavy atom. The zero-order valence-corrected chi connectivity index (χ0v) is 12.2. The molecule has 0 spiro atoms. The summed E-state index contributed by atoms with van der Waals surface area (Å²) in [5.74, 6) is -0.829. The highest BCUT2D eigenvalue weighted by Gasteiger charge is 2.37. The zero-order valence-electron chi connectivity index (χ0n) is 11.4. The number of benzene rings is 2. The molecule has 106 valence electrons. The Morgan fingerprint density at radius 1 is 1.29 bits per heavy atom. The summed E-state index contributed by atoms with van der Waals surface area (Å²) in [7, 11) is 0. The molecule has 0 aromatic heterocycles. The number of halogens is 2. The number of hydrogen-bond donors (Lipinski definition) is 0. The Morgan fingerprint density at radius 3 is 2.48 bits per heavy atom. The lowest BCUT2D eigenvalue weighted by atomic mass is 9.74. The van der Waals surface area contributed by atoms with Gasteiger partial charge in [-0.05, 0) is 30.2 Å². The van der Waals surface area contributed by atoms with E-state index in [0.717, 1.165) is 0 Å². The third-order valence-electron chi connectivity index (χ3n) is 3.51. The highest BCUT2D eigenvalue weighted by Crippen LogP contribution is 2.30. The number of hydrogen-bond acceptors (Lipinski definition) is 2. The van der Waals surface area contributed by atoms with E-state index in [1.807, 2.05) is 6.07 Å². The fourth-order valence-electron chi connectivity index (χ4n) is 2.29. The van der Waals surface area contributed by atoms with E-state index in [-0.39, 0.29) is 17.2 Å². The second kappa shape index (κ2) is 6.07. The summed E-state index contributed by atoms with van der Waals surface area (Å²) in [5, 5.41) is 9.61. The zero-order chi connectivity index (χ0) is 15.5. The molecule has 0 radical (unpaired) electrons. The molecule has 0 amide bonds. The Bertz CT molecular complexity index is 708. The maximum Gasteiger partial charge on any atom is 0.154 e. The van der Waals surface area contributed by atoms with Crippen LogP contribution in [0.5, 0.6) is 0 Å². The quantitative estimate of drug-likeness (QED) is 0.854. The lowest BCUT2D eigenvalue weighted by Crippen LogP contribution is -2.35. The van der Waals surface area contributed by atoms with Crippen LogP contribution >= 0.6 is 11.6 Å². The maximum absolute atomic E-state index is 13.6. The third-order valence-corrected chi connectivity index (χ3v) is 3.82. The summed E-state index contributed by atoms with van der Waals surface area (Å²) < 4.78 is 13.6. The van der Waals surface area contributed by atoms with Crippen molar-refractivity contribution < 1.29 is 9.18 Å². The van der Waals surface area contributed by atoms with E-state index in [4.69, 9.17) is 11.6 Å². The number of carbonyl (C=O) groups is 1. The van der Waals surface area contributed by atoms with E-state index in [2.05, 4.69) is 6.07 Å². The molecule has 21 heavy (non-hydrogen) atoms. The standard InChI is InChI=1S/C17H13ClFNO/c1-12(21)17(11-20,14-5-3-2-4-6-14)10-13-7-8-15(18)16(19)9-13/h2-9H,10H2,1H3. The molecule has 0 heterocycles. The molecule has 0 N–H and O–H groups in total. The van der Waals surface area contributed by atoms with Gasteiger partial charge in [0.15, 0.2) is 5.78 Å². The Kier molecular flexibility index (Phi) is 4.40. The number of nitrogens with zero attached hydrogens (tertiary/aromatic N) is 1. The Balaban J connectivity index is 2.49. The summed E-state index contributed by atoms with van der Waals surface area (Å²) in [6.07, 6.45) is 0.108. The van der Waals surface area contributed by atoms with Crippen LogP contribution in [0.25, 0.3) is 0 Å². The molecule has 0 saturated heterocycles. The molecule has 0 aliphatic carbocycles. The van der Waals surface area contributed by atoms with E-state index >= 15 is 0 Å². The van der Waals surface area contributed by atoms with Gasteiger partial charge in [-0.1, -0.05) is 48.0 Å². The predicted octanol–water partition coefficient (Wildman–Crippen LogP) is 4.07. The number of Topliss-reactive ketones (excluding diaryl/α,β-unsaturated/α-hetero) is 1. The Hall–Kier alpha value is -2.18. The molecule has 0 saturated carbocycles. The first kappa shape index (κ1) is 15.2. The first-order valence-corrected chi connectivity index (χ1v) is 6.79. The summed E-state index contributed by atoms with van der Waals surface area (Å²) in [6, 6.07) is 15.3. The van der Waals surface area contributed by atoms with Crippen molar-refractivity contribution >= 4 is 17.4 Å². The third kappa shape index (κ3) is 2.96. The van der Waals surface area contributed by atoms with Crippen LogP contribution in [-0.2, 0) is 16.6 Å². The fraction of sp³-hybridized carbons (Fsp3) is 0.176. The van der Waals surface area contributed by atoms with Crippen molar-refractivity contribution in [2.45, 2.75) is 18.8 Å². The molecule has 2 rings (SSSR count). The highest BCUT2D eigenvalue weighted by molar-refractivity contribution is 6.30. The molecule has 0 aliphatic rings. The van der Waals surface area contributed by atoms with Crippen molar-refractivity contribution in [3.63, 3.8) is 0 Å². The summed E-state index contributed by atoms with van der Waals surface area (Å²) in [5.41, 5.74) is -0.158. The lowest BCUT2D eigenvalue weighted by molar-refractivity contribution is -0.120. The summed E-state index contributed by atoms with van der Waals surface area (Å²) in [6.45, 7) is 1.38. The summed E-state index contributed by atoms with van der Waals surface area (Å²) >= 11 is 5.66. The van der Waals surface area contributed by atoms with Crippen molar-refractivity contribution in [2.75, 3.05) is 0 Å². The molecule has 1 atom stereocenters. The average Bonchev–Trinajstić information content (AvgIpc) is 2.49. The highest BCUT2D eigenvalue weighted by atomic mass is 35.5. The van der Waals surface area contributed by atoms with Crippen LogP contribution in [0, 0.1) is 17.1 Å². The smallest absolute Gasteiger partial charge is 0.154 e. The van der Waals surface area contributed by atoms with E-state index in [0.29, 0.717) is 11.1 Å². The molecule has 2 aromatic carbocycles. The number of nitriles is 1. The van der Waals surface area contributed by atoms with Crippen LogP contribution in [-0.4, -0.2) is 5.78 Å². The first-order valence-electron chi connectivity index (χ1n) is 6.41. The molecule has 0 bridgehead atoms. The van der Waals surface area contributed by atoms with Gasteiger partial charge in [-0.25, -0.2) is 4.39 Å². The van der Waals surface area contributed by atoms with Gasteiger partial charge in [-0.15, -0.1) is 0 Å². The van der Waals surface area contributed by atoms with Gasteiger partial charge in [-0.3, -0.25) is 4.79 Å². The monoisotopic (exact) mass is 301 g/mol. The van der Waals surface area contributed by atoms with Gasteiger partial charge in [0.05, 0.1) is 11.1 Å². The van der Waals surface area contributed by atoms with Gasteiger partial charge in [0.25, 0.3) is 0 Å². The van der Waals surface area contributed by atoms with E-state index < -0.39 is 11.2 Å².